The summed E-state index contributed by atoms with van der Waals surface area (Å²) >= 11 is 0. The molecule has 0 aliphatic carbocycles. The number of aryl methyl sites for hydroxylation is 1. The Kier molecular flexibility index (Phi) is 11.2. The lowest BCUT2D eigenvalue weighted by Gasteiger charge is -2.25. The van der Waals surface area contributed by atoms with Gasteiger partial charge in [-0.15, -0.1) is 24.0 Å². The van der Waals surface area contributed by atoms with E-state index in [-0.39, 0.29) is 24.0 Å². The van der Waals surface area contributed by atoms with Crippen molar-refractivity contribution in [2.24, 2.45) is 4.99 Å². The number of fused-ring (bicyclic) bond motifs is 1. The van der Waals surface area contributed by atoms with Gasteiger partial charge in [0.1, 0.15) is 12.4 Å². The summed E-state index contributed by atoms with van der Waals surface area (Å²) in [5, 5.41) is 11.5. The molecular weight excluding hydrogens is 481 g/mol. The van der Waals surface area contributed by atoms with Crippen molar-refractivity contribution in [1.29, 1.82) is 0 Å². The predicted molar refractivity (Wildman–Crippen MR) is 127 cm³/mol. The Balaban J connectivity index is 0.00000300. The van der Waals surface area contributed by atoms with E-state index in [9.17, 15) is 0 Å². The Labute approximate surface area is 192 Å². The number of aromatic nitrogens is 3. The van der Waals surface area contributed by atoms with Gasteiger partial charge in [-0.05, 0) is 52.2 Å². The zero-order chi connectivity index (χ0) is 19.6. The van der Waals surface area contributed by atoms with Gasteiger partial charge in [0.25, 0.3) is 0 Å². The molecule has 1 saturated heterocycles. The molecule has 2 aliphatic rings. The molecule has 0 radical (unpaired) electrons. The number of aliphatic imine (C=N–C) groups is 1. The molecular formula is C20H38IN7O. The third-order valence-corrected chi connectivity index (χ3v) is 5.46. The van der Waals surface area contributed by atoms with Crippen molar-refractivity contribution in [2.75, 3.05) is 39.8 Å². The molecule has 2 N–H and O–H groups in total. The predicted octanol–water partition coefficient (Wildman–Crippen LogP) is 2.18. The van der Waals surface area contributed by atoms with Gasteiger partial charge in [-0.3, -0.25) is 4.99 Å². The topological polar surface area (TPSA) is 79.6 Å². The van der Waals surface area contributed by atoms with Crippen LogP contribution in [0.1, 0.15) is 57.1 Å². The highest BCUT2D eigenvalue weighted by atomic mass is 127. The molecule has 0 saturated carbocycles. The van der Waals surface area contributed by atoms with Gasteiger partial charge >= 0.3 is 0 Å². The summed E-state index contributed by atoms with van der Waals surface area (Å²) in [6.07, 6.45) is 8.59. The minimum Gasteiger partial charge on any atom is -0.377 e. The van der Waals surface area contributed by atoms with Gasteiger partial charge < -0.3 is 20.3 Å². The van der Waals surface area contributed by atoms with Crippen LogP contribution in [0.3, 0.4) is 0 Å². The molecule has 3 rings (SSSR count). The minimum atomic E-state index is 0. The van der Waals surface area contributed by atoms with Crippen LogP contribution in [-0.2, 0) is 24.3 Å². The van der Waals surface area contributed by atoms with Crippen LogP contribution in [-0.4, -0.2) is 71.5 Å². The van der Waals surface area contributed by atoms with Crippen LogP contribution in [0.15, 0.2) is 4.99 Å². The summed E-state index contributed by atoms with van der Waals surface area (Å²) in [5.74, 6) is 2.75. The Morgan fingerprint density at radius 3 is 2.76 bits per heavy atom. The lowest BCUT2D eigenvalue weighted by atomic mass is 10.1. The van der Waals surface area contributed by atoms with Gasteiger partial charge in [0, 0.05) is 32.7 Å². The van der Waals surface area contributed by atoms with Gasteiger partial charge in [0.05, 0.1) is 6.54 Å². The molecule has 9 heteroatoms. The lowest BCUT2D eigenvalue weighted by molar-refractivity contribution is 0.177. The Morgan fingerprint density at radius 2 is 2.03 bits per heavy atom. The van der Waals surface area contributed by atoms with Gasteiger partial charge in [0.15, 0.2) is 11.8 Å². The van der Waals surface area contributed by atoms with E-state index in [1.807, 2.05) is 4.68 Å². The maximum absolute atomic E-state index is 5.15. The van der Waals surface area contributed by atoms with Crippen LogP contribution in [0.4, 0.5) is 0 Å². The van der Waals surface area contributed by atoms with Crippen LogP contribution < -0.4 is 10.6 Å². The summed E-state index contributed by atoms with van der Waals surface area (Å²) in [4.78, 5) is 12.0. The number of guanidine groups is 1. The molecule has 8 nitrogen and oxygen atoms in total. The first-order chi connectivity index (χ1) is 13.8. The summed E-state index contributed by atoms with van der Waals surface area (Å²) in [5.41, 5.74) is 0. The molecule has 0 aromatic carbocycles. The average Bonchev–Trinajstić information content (AvgIpc) is 2.90. The van der Waals surface area contributed by atoms with E-state index in [0.29, 0.717) is 12.6 Å². The zero-order valence-electron chi connectivity index (χ0n) is 18.0. The normalized spacial score (nSPS) is 20.5. The molecule has 1 unspecified atom stereocenters. The van der Waals surface area contributed by atoms with Gasteiger partial charge in [-0.2, -0.15) is 5.10 Å². The number of rotatable bonds is 8. The number of likely N-dealkylation sites (tertiary alicyclic amines) is 1. The second-order valence-electron chi connectivity index (χ2n) is 7.81. The van der Waals surface area contributed by atoms with Crippen molar-refractivity contribution >= 4 is 29.9 Å². The molecule has 29 heavy (non-hydrogen) atoms. The highest BCUT2D eigenvalue weighted by molar-refractivity contribution is 14.0. The Morgan fingerprint density at radius 1 is 1.24 bits per heavy atom. The first kappa shape index (κ1) is 24.3. The fourth-order valence-electron chi connectivity index (χ4n) is 4.03. The third-order valence-electron chi connectivity index (χ3n) is 5.46. The molecule has 0 spiro atoms. The smallest absolute Gasteiger partial charge is 0.191 e. The number of nitrogens with one attached hydrogen (secondary N) is 2. The summed E-state index contributed by atoms with van der Waals surface area (Å²) < 4.78 is 7.16. The SMILES string of the molecule is CCNC(=NCCCN1CCCCCC1)NC1CCc2nc(COC)nn2C1.I. The van der Waals surface area contributed by atoms with Crippen LogP contribution >= 0.6 is 24.0 Å². The monoisotopic (exact) mass is 519 g/mol. The van der Waals surface area contributed by atoms with Crippen molar-refractivity contribution < 1.29 is 4.74 Å². The van der Waals surface area contributed by atoms with Crippen molar-refractivity contribution in [3.63, 3.8) is 0 Å². The highest BCUT2D eigenvalue weighted by Crippen LogP contribution is 2.13. The lowest BCUT2D eigenvalue weighted by Crippen LogP contribution is -2.47. The maximum Gasteiger partial charge on any atom is 0.191 e. The van der Waals surface area contributed by atoms with Gasteiger partial charge in [-0.25, -0.2) is 9.67 Å². The first-order valence-electron chi connectivity index (χ1n) is 11.0. The Hall–Kier alpha value is -0.940. The molecule has 1 atom stereocenters. The largest absolute Gasteiger partial charge is 0.377 e. The number of ether oxygens (including phenoxy) is 1. The number of hydrogen-bond acceptors (Lipinski definition) is 5. The maximum atomic E-state index is 5.15. The van der Waals surface area contributed by atoms with Crippen molar-refractivity contribution in [3.8, 4) is 0 Å². The minimum absolute atomic E-state index is 0. The van der Waals surface area contributed by atoms with E-state index in [0.717, 1.165) is 63.0 Å². The molecule has 1 aromatic rings. The summed E-state index contributed by atoms with van der Waals surface area (Å²) in [6.45, 7) is 8.83. The molecule has 2 aliphatic heterocycles. The first-order valence-corrected chi connectivity index (χ1v) is 11.0. The van der Waals surface area contributed by atoms with Crippen LogP contribution in [0, 0.1) is 0 Å². The average molecular weight is 519 g/mol. The highest BCUT2D eigenvalue weighted by Gasteiger charge is 2.22. The van der Waals surface area contributed by atoms with Crippen LogP contribution in [0.2, 0.25) is 0 Å². The van der Waals surface area contributed by atoms with E-state index in [2.05, 4.69) is 32.5 Å². The number of halogens is 1. The number of nitrogens with zero attached hydrogens (tertiary/aromatic N) is 5. The van der Waals surface area contributed by atoms with Crippen LogP contribution in [0.25, 0.3) is 0 Å². The van der Waals surface area contributed by atoms with E-state index in [4.69, 9.17) is 9.73 Å². The van der Waals surface area contributed by atoms with E-state index in [1.165, 1.54) is 38.8 Å². The number of methoxy groups -OCH3 is 1. The third kappa shape index (κ3) is 8.01. The fraction of sp³-hybridized carbons (Fsp3) is 0.850. The summed E-state index contributed by atoms with van der Waals surface area (Å²) in [6, 6.07) is 0.327. The second-order valence-corrected chi connectivity index (χ2v) is 7.81. The molecule has 0 bridgehead atoms. The van der Waals surface area contributed by atoms with Crippen molar-refractivity contribution in [1.82, 2.24) is 30.3 Å². The standard InChI is InChI=1S/C20H37N7O.HI/c1-3-21-20(22-11-8-14-26-12-6-4-5-7-13-26)23-17-9-10-19-24-18(16-28-2)25-27(19)15-17;/h17H,3-16H2,1-2H3,(H2,21,22,23);1H. The van der Waals surface area contributed by atoms with Gasteiger partial charge in [0.2, 0.25) is 0 Å². The zero-order valence-corrected chi connectivity index (χ0v) is 20.4. The fourth-order valence-corrected chi connectivity index (χ4v) is 4.03. The molecule has 1 aromatic heterocycles. The van der Waals surface area contributed by atoms with E-state index >= 15 is 0 Å². The quantitative estimate of drug-likeness (QED) is 0.237. The Bertz CT molecular complexity index is 614. The van der Waals surface area contributed by atoms with Crippen molar-refractivity contribution in [3.05, 3.63) is 11.6 Å². The molecule has 166 valence electrons. The number of hydrogen-bond donors (Lipinski definition) is 2. The van der Waals surface area contributed by atoms with E-state index in [1.54, 1.807) is 7.11 Å². The van der Waals surface area contributed by atoms with Gasteiger partial charge in [-0.1, -0.05) is 12.8 Å². The molecule has 3 heterocycles. The van der Waals surface area contributed by atoms with E-state index < -0.39 is 0 Å². The second kappa shape index (κ2) is 13.4. The van der Waals surface area contributed by atoms with Crippen LogP contribution in [0.5, 0.6) is 0 Å². The summed E-state index contributed by atoms with van der Waals surface area (Å²) in [7, 11) is 1.68. The van der Waals surface area contributed by atoms with Crippen molar-refractivity contribution in [2.45, 2.75) is 71.1 Å². The molecule has 0 amide bonds. The molecule has 1 fully saturated rings.